The molecule has 0 saturated heterocycles. The Kier molecular flexibility index (Phi) is 4.98. The van der Waals surface area contributed by atoms with Crippen LogP contribution >= 0.6 is 0 Å². The second-order valence-corrected chi connectivity index (χ2v) is 10.2. The van der Waals surface area contributed by atoms with Gasteiger partial charge in [0, 0.05) is 0 Å². The van der Waals surface area contributed by atoms with Crippen molar-refractivity contribution >= 4 is 43.4 Å². The van der Waals surface area contributed by atoms with Gasteiger partial charge in [-0.2, -0.15) is 0 Å². The molecule has 0 spiro atoms. The minimum Gasteiger partial charge on any atom is -0.260 e. The van der Waals surface area contributed by atoms with Gasteiger partial charge in [-0.3, -0.25) is 9.13 Å². The Morgan fingerprint density at radius 3 is 1.35 bits per heavy atom. The van der Waals surface area contributed by atoms with E-state index in [4.69, 9.17) is 0 Å². The summed E-state index contributed by atoms with van der Waals surface area (Å²) in [6.07, 6.45) is 0. The van der Waals surface area contributed by atoms with E-state index in [1.807, 2.05) is 65.2 Å². The van der Waals surface area contributed by atoms with Gasteiger partial charge in [0.2, 0.25) is 0 Å². The highest BCUT2D eigenvalue weighted by Crippen LogP contribution is 2.37. The molecule has 0 bridgehead atoms. The third-order valence-electron chi connectivity index (χ3n) is 7.95. The molecule has 0 radical (unpaired) electrons. The predicted molar refractivity (Wildman–Crippen MR) is 167 cm³/mol. The molecule has 3 nitrogen and oxygen atoms in total. The molecular weight excluding hydrogens is 488 g/mol. The predicted octanol–water partition coefficient (Wildman–Crippen LogP) is 8.91. The molecule has 8 rings (SSSR count). The number of hydrogen-bond donors (Lipinski definition) is 0. The van der Waals surface area contributed by atoms with Crippen LogP contribution < -0.4 is 5.69 Å². The summed E-state index contributed by atoms with van der Waals surface area (Å²) in [6.45, 7) is 0. The summed E-state index contributed by atoms with van der Waals surface area (Å²) in [7, 11) is 0. The maximum absolute atomic E-state index is 13.9. The van der Waals surface area contributed by atoms with Crippen molar-refractivity contribution in [3.8, 4) is 22.5 Å². The molecule has 1 heterocycles. The van der Waals surface area contributed by atoms with Crippen LogP contribution in [0.3, 0.4) is 0 Å². The molecular formula is C37H24N2O. The molecule has 0 aliphatic carbocycles. The maximum atomic E-state index is 13.9. The minimum absolute atomic E-state index is 0.0828. The fourth-order valence-corrected chi connectivity index (χ4v) is 6.12. The van der Waals surface area contributed by atoms with E-state index in [-0.39, 0.29) is 5.69 Å². The van der Waals surface area contributed by atoms with E-state index in [0.717, 1.165) is 33.5 Å². The van der Waals surface area contributed by atoms with Crippen molar-refractivity contribution in [2.75, 3.05) is 0 Å². The lowest BCUT2D eigenvalue weighted by molar-refractivity contribution is 0.931. The first kappa shape index (κ1) is 22.6. The van der Waals surface area contributed by atoms with Crippen LogP contribution in [-0.4, -0.2) is 9.13 Å². The van der Waals surface area contributed by atoms with E-state index >= 15 is 0 Å². The molecule has 0 aliphatic rings. The fraction of sp³-hybridized carbons (Fsp3) is 0. The van der Waals surface area contributed by atoms with Crippen LogP contribution in [0.15, 0.2) is 150 Å². The van der Waals surface area contributed by atoms with Gasteiger partial charge in [-0.05, 0) is 85.9 Å². The van der Waals surface area contributed by atoms with E-state index in [1.165, 1.54) is 32.3 Å². The van der Waals surface area contributed by atoms with Crippen molar-refractivity contribution < 1.29 is 0 Å². The van der Waals surface area contributed by atoms with Gasteiger partial charge in [-0.1, -0.05) is 103 Å². The molecule has 0 fully saturated rings. The molecule has 8 aromatic rings. The van der Waals surface area contributed by atoms with Crippen molar-refractivity contribution in [2.45, 2.75) is 0 Å². The molecule has 0 amide bonds. The second-order valence-electron chi connectivity index (χ2n) is 10.2. The molecule has 0 aliphatic heterocycles. The van der Waals surface area contributed by atoms with E-state index in [0.29, 0.717) is 0 Å². The number of rotatable bonds is 3. The Hall–Kier alpha value is -5.41. The lowest BCUT2D eigenvalue weighted by Gasteiger charge is -2.12. The lowest BCUT2D eigenvalue weighted by atomic mass is 9.92. The first-order valence-corrected chi connectivity index (χ1v) is 13.5. The van der Waals surface area contributed by atoms with Crippen molar-refractivity contribution in [3.05, 3.63) is 156 Å². The standard InChI is InChI=1S/C37H24N2O/c40-37-38(27-11-3-1-4-12-27)35-22-20-26(24-36(35)39(37)28-13-5-2-6-14-28)25-19-21-33-31-17-8-7-15-29(31)30-16-9-10-18-32(30)34(33)23-25/h1-24H. The van der Waals surface area contributed by atoms with Crippen molar-refractivity contribution in [1.29, 1.82) is 0 Å². The van der Waals surface area contributed by atoms with Gasteiger partial charge in [-0.15, -0.1) is 0 Å². The Morgan fingerprint density at radius 2 is 0.775 bits per heavy atom. The van der Waals surface area contributed by atoms with E-state index in [2.05, 4.69) is 84.9 Å². The monoisotopic (exact) mass is 512 g/mol. The van der Waals surface area contributed by atoms with Crippen molar-refractivity contribution in [2.24, 2.45) is 0 Å². The van der Waals surface area contributed by atoms with Gasteiger partial charge in [0.1, 0.15) is 0 Å². The van der Waals surface area contributed by atoms with Gasteiger partial charge in [0.15, 0.2) is 0 Å². The number of benzene rings is 7. The molecule has 0 N–H and O–H groups in total. The summed E-state index contributed by atoms with van der Waals surface area (Å²) in [5.41, 5.74) is 5.56. The van der Waals surface area contributed by atoms with Gasteiger partial charge < -0.3 is 0 Å². The average molecular weight is 513 g/mol. The topological polar surface area (TPSA) is 26.9 Å². The normalized spacial score (nSPS) is 11.6. The number of aromatic nitrogens is 2. The lowest BCUT2D eigenvalue weighted by Crippen LogP contribution is -2.21. The van der Waals surface area contributed by atoms with Crippen LogP contribution in [0.5, 0.6) is 0 Å². The van der Waals surface area contributed by atoms with E-state index in [1.54, 1.807) is 4.57 Å². The number of para-hydroxylation sites is 2. The van der Waals surface area contributed by atoms with Gasteiger partial charge >= 0.3 is 5.69 Å². The molecule has 3 heteroatoms. The van der Waals surface area contributed by atoms with Gasteiger partial charge in [0.05, 0.1) is 22.4 Å². The Balaban J connectivity index is 1.41. The molecule has 0 atom stereocenters. The van der Waals surface area contributed by atoms with Crippen LogP contribution in [0.25, 0.3) is 65.9 Å². The van der Waals surface area contributed by atoms with Crippen molar-refractivity contribution in [3.63, 3.8) is 0 Å². The summed E-state index contributed by atoms with van der Waals surface area (Å²) in [6, 6.07) is 50.1. The summed E-state index contributed by atoms with van der Waals surface area (Å²) in [5.74, 6) is 0. The van der Waals surface area contributed by atoms with Crippen LogP contribution in [0.1, 0.15) is 0 Å². The molecule has 40 heavy (non-hydrogen) atoms. The highest BCUT2D eigenvalue weighted by atomic mass is 16.1. The molecule has 188 valence electrons. The van der Waals surface area contributed by atoms with Crippen LogP contribution in [0.2, 0.25) is 0 Å². The molecule has 0 unspecified atom stereocenters. The summed E-state index contributed by atoms with van der Waals surface area (Å²) >= 11 is 0. The zero-order chi connectivity index (χ0) is 26.6. The second kappa shape index (κ2) is 8.82. The maximum Gasteiger partial charge on any atom is 0.338 e. The average Bonchev–Trinajstić information content (AvgIpc) is 3.32. The number of nitrogens with zero attached hydrogens (tertiary/aromatic N) is 2. The summed E-state index contributed by atoms with van der Waals surface area (Å²) < 4.78 is 3.61. The quantitative estimate of drug-likeness (QED) is 0.217. The molecule has 1 aromatic heterocycles. The summed E-state index contributed by atoms with van der Waals surface area (Å²) in [5, 5.41) is 7.52. The first-order valence-electron chi connectivity index (χ1n) is 13.5. The number of fused-ring (bicyclic) bond motifs is 7. The third kappa shape index (κ3) is 3.35. The Morgan fingerprint density at radius 1 is 0.350 bits per heavy atom. The Bertz CT molecular complexity index is 2240. The third-order valence-corrected chi connectivity index (χ3v) is 7.95. The molecule has 0 saturated carbocycles. The van der Waals surface area contributed by atoms with E-state index in [9.17, 15) is 4.79 Å². The number of imidazole rings is 1. The van der Waals surface area contributed by atoms with Crippen LogP contribution in [-0.2, 0) is 0 Å². The zero-order valence-electron chi connectivity index (χ0n) is 21.7. The highest BCUT2D eigenvalue weighted by molar-refractivity contribution is 6.25. The minimum atomic E-state index is -0.0828. The smallest absolute Gasteiger partial charge is 0.260 e. The first-order chi connectivity index (χ1) is 19.8. The highest BCUT2D eigenvalue weighted by Gasteiger charge is 2.17. The Labute approximate surface area is 230 Å². The van der Waals surface area contributed by atoms with Crippen LogP contribution in [0.4, 0.5) is 0 Å². The largest absolute Gasteiger partial charge is 0.338 e. The fourth-order valence-electron chi connectivity index (χ4n) is 6.12. The van der Waals surface area contributed by atoms with E-state index < -0.39 is 0 Å². The number of hydrogen-bond acceptors (Lipinski definition) is 1. The zero-order valence-corrected chi connectivity index (χ0v) is 21.7. The van der Waals surface area contributed by atoms with Gasteiger partial charge in [0.25, 0.3) is 0 Å². The summed E-state index contributed by atoms with van der Waals surface area (Å²) in [4.78, 5) is 13.9. The van der Waals surface area contributed by atoms with Crippen molar-refractivity contribution in [1.82, 2.24) is 9.13 Å². The van der Waals surface area contributed by atoms with Crippen LogP contribution in [0, 0.1) is 0 Å². The van der Waals surface area contributed by atoms with Gasteiger partial charge in [-0.25, -0.2) is 4.79 Å². The SMILES string of the molecule is O=c1n(-c2ccccc2)c2ccc(-c3ccc4c5ccccc5c5ccccc5c4c3)cc2n1-c1ccccc1. The molecule has 7 aromatic carbocycles.